The lowest BCUT2D eigenvalue weighted by Crippen LogP contribution is -1.90. The summed E-state index contributed by atoms with van der Waals surface area (Å²) in [6.45, 7) is 2.04. The van der Waals surface area contributed by atoms with Gasteiger partial charge in [-0.2, -0.15) is 0 Å². The number of hydrogen-bond acceptors (Lipinski definition) is 2. The molecule has 0 aliphatic carbocycles. The molecule has 2 unspecified atom stereocenters. The average Bonchev–Trinajstić information content (AvgIpc) is 3.03. The van der Waals surface area contributed by atoms with Gasteiger partial charge in [0.05, 0.1) is 18.6 Å². The number of epoxide rings is 1. The molecule has 0 radical (unpaired) electrons. The molecule has 2 nitrogen and oxygen atoms in total. The third-order valence-corrected chi connectivity index (χ3v) is 2.27. The van der Waals surface area contributed by atoms with Crippen LogP contribution in [-0.4, -0.2) is 23.9 Å². The van der Waals surface area contributed by atoms with Crippen molar-refractivity contribution >= 4 is 0 Å². The summed E-state index contributed by atoms with van der Waals surface area (Å²) >= 11 is 0. The van der Waals surface area contributed by atoms with Crippen LogP contribution in [0.5, 0.6) is 0 Å². The summed E-state index contributed by atoms with van der Waals surface area (Å²) < 4.78 is 5.46. The van der Waals surface area contributed by atoms with Gasteiger partial charge in [0.15, 0.2) is 0 Å². The molecule has 1 fully saturated rings. The van der Waals surface area contributed by atoms with Crippen molar-refractivity contribution < 1.29 is 9.84 Å². The maximum absolute atomic E-state index is 8.41. The highest BCUT2D eigenvalue weighted by Crippen LogP contribution is 2.28. The Bertz CT molecular complexity index is 335. The Hall–Kier alpha value is -1.22. The number of allylic oxidation sites excluding steroid dienone is 1. The van der Waals surface area contributed by atoms with Gasteiger partial charge in [0, 0.05) is 6.42 Å². The minimum atomic E-state index is -0.0841. The highest BCUT2D eigenvalue weighted by atomic mass is 16.6. The molecule has 0 aromatic heterocycles. The summed E-state index contributed by atoms with van der Waals surface area (Å²) in [6, 6.07) is 0. The van der Waals surface area contributed by atoms with E-state index in [4.69, 9.17) is 9.84 Å². The zero-order valence-corrected chi connectivity index (χ0v) is 9.70. The smallest absolute Gasteiger partial charge is 0.104 e. The zero-order chi connectivity index (χ0) is 11.6. The molecule has 16 heavy (non-hydrogen) atoms. The van der Waals surface area contributed by atoms with E-state index in [0.29, 0.717) is 18.6 Å². The molecule has 2 heteroatoms. The fourth-order valence-corrected chi connectivity index (χ4v) is 1.36. The van der Waals surface area contributed by atoms with Crippen LogP contribution in [0.25, 0.3) is 0 Å². The minimum absolute atomic E-state index is 0.0841. The summed E-state index contributed by atoms with van der Waals surface area (Å²) in [6.07, 6.45) is 8.45. The van der Waals surface area contributed by atoms with Crippen LogP contribution < -0.4 is 0 Å². The van der Waals surface area contributed by atoms with Crippen molar-refractivity contribution in [3.8, 4) is 23.7 Å². The molecule has 1 aliphatic rings. The van der Waals surface area contributed by atoms with Crippen LogP contribution >= 0.6 is 0 Å². The van der Waals surface area contributed by atoms with E-state index in [-0.39, 0.29) is 6.61 Å². The summed E-state index contributed by atoms with van der Waals surface area (Å²) in [4.78, 5) is 0. The maximum Gasteiger partial charge on any atom is 0.104 e. The van der Waals surface area contributed by atoms with Crippen LogP contribution in [0.2, 0.25) is 0 Å². The third kappa shape index (κ3) is 5.61. The summed E-state index contributed by atoms with van der Waals surface area (Å²) in [5, 5.41) is 8.41. The molecule has 0 saturated carbocycles. The largest absolute Gasteiger partial charge is 0.384 e. The maximum atomic E-state index is 8.41. The van der Waals surface area contributed by atoms with Gasteiger partial charge in [0.2, 0.25) is 0 Å². The summed E-state index contributed by atoms with van der Waals surface area (Å²) in [5.41, 5.74) is 0. The topological polar surface area (TPSA) is 32.8 Å². The van der Waals surface area contributed by atoms with Gasteiger partial charge in [-0.15, -0.1) is 0 Å². The van der Waals surface area contributed by atoms with Crippen LogP contribution in [0, 0.1) is 23.7 Å². The van der Waals surface area contributed by atoms with Crippen molar-refractivity contribution in [1.29, 1.82) is 0 Å². The summed E-state index contributed by atoms with van der Waals surface area (Å²) in [5.74, 6) is 11.3. The Morgan fingerprint density at radius 1 is 1.12 bits per heavy atom. The Morgan fingerprint density at radius 3 is 2.69 bits per heavy atom. The molecule has 1 rings (SSSR count). The minimum Gasteiger partial charge on any atom is -0.384 e. The highest BCUT2D eigenvalue weighted by molar-refractivity contribution is 5.13. The first-order chi connectivity index (χ1) is 7.88. The van der Waals surface area contributed by atoms with Crippen molar-refractivity contribution in [1.82, 2.24) is 0 Å². The van der Waals surface area contributed by atoms with Crippen molar-refractivity contribution in [2.45, 2.75) is 44.8 Å². The normalized spacial score (nSPS) is 22.1. The van der Waals surface area contributed by atoms with Gasteiger partial charge in [-0.05, 0) is 12.8 Å². The number of ether oxygens (including phenoxy) is 1. The first kappa shape index (κ1) is 12.8. The van der Waals surface area contributed by atoms with E-state index in [1.165, 1.54) is 0 Å². The molecule has 0 bridgehead atoms. The van der Waals surface area contributed by atoms with Crippen LogP contribution in [0.1, 0.15) is 32.6 Å². The van der Waals surface area contributed by atoms with E-state index in [2.05, 4.69) is 42.8 Å². The quantitative estimate of drug-likeness (QED) is 0.444. The Kier molecular flexibility index (Phi) is 6.42. The van der Waals surface area contributed by atoms with E-state index < -0.39 is 0 Å². The highest BCUT2D eigenvalue weighted by Gasteiger charge is 2.36. The lowest BCUT2D eigenvalue weighted by Gasteiger charge is -1.84. The number of hydrogen-bond donors (Lipinski definition) is 1. The van der Waals surface area contributed by atoms with Crippen molar-refractivity contribution in [3.63, 3.8) is 0 Å². The van der Waals surface area contributed by atoms with E-state index in [1.807, 2.05) is 0 Å². The lowest BCUT2D eigenvalue weighted by atomic mass is 10.2. The molecule has 1 saturated heterocycles. The van der Waals surface area contributed by atoms with Crippen LogP contribution in [0.3, 0.4) is 0 Å². The molecular weight excluding hydrogens is 200 g/mol. The van der Waals surface area contributed by atoms with E-state index in [9.17, 15) is 0 Å². The van der Waals surface area contributed by atoms with Gasteiger partial charge in [-0.1, -0.05) is 42.8 Å². The molecule has 1 heterocycles. The van der Waals surface area contributed by atoms with E-state index in [1.54, 1.807) is 0 Å². The Morgan fingerprint density at radius 2 is 1.94 bits per heavy atom. The van der Waals surface area contributed by atoms with E-state index >= 15 is 0 Å². The predicted octanol–water partition coefficient (Wildman–Crippen LogP) is 1.89. The molecule has 0 amide bonds. The number of aliphatic hydroxyl groups excluding tert-OH is 1. The molecule has 1 aliphatic heterocycles. The average molecular weight is 218 g/mol. The molecule has 0 aromatic rings. The van der Waals surface area contributed by atoms with Gasteiger partial charge >= 0.3 is 0 Å². The SMILES string of the molecule is CC/C=C\CC1OC1CC#CCC#CCO. The van der Waals surface area contributed by atoms with Crippen LogP contribution in [0.15, 0.2) is 12.2 Å². The van der Waals surface area contributed by atoms with Gasteiger partial charge in [0.1, 0.15) is 6.61 Å². The fourth-order valence-electron chi connectivity index (χ4n) is 1.36. The van der Waals surface area contributed by atoms with Gasteiger partial charge in [-0.3, -0.25) is 0 Å². The standard InChI is InChI=1S/C14H18O2/c1-2-3-7-10-13-14(16-13)11-8-5-4-6-9-12-15/h3,7,13-15H,2,4,10-12H2,1H3/b7-3-. The first-order valence-electron chi connectivity index (χ1n) is 5.71. The van der Waals surface area contributed by atoms with Crippen LogP contribution in [0.4, 0.5) is 0 Å². The van der Waals surface area contributed by atoms with Crippen molar-refractivity contribution in [2.24, 2.45) is 0 Å². The van der Waals surface area contributed by atoms with Gasteiger partial charge < -0.3 is 9.84 Å². The lowest BCUT2D eigenvalue weighted by molar-refractivity contribution is 0.350. The summed E-state index contributed by atoms with van der Waals surface area (Å²) in [7, 11) is 0. The van der Waals surface area contributed by atoms with Crippen molar-refractivity contribution in [3.05, 3.63) is 12.2 Å². The molecule has 2 atom stereocenters. The monoisotopic (exact) mass is 218 g/mol. The second-order valence-corrected chi connectivity index (χ2v) is 3.57. The Labute approximate surface area is 97.7 Å². The molecule has 0 spiro atoms. The van der Waals surface area contributed by atoms with Crippen LogP contribution in [-0.2, 0) is 4.74 Å². The molecule has 1 N–H and O–H groups in total. The first-order valence-corrected chi connectivity index (χ1v) is 5.71. The molecule has 0 aromatic carbocycles. The second-order valence-electron chi connectivity index (χ2n) is 3.57. The van der Waals surface area contributed by atoms with Gasteiger partial charge in [0.25, 0.3) is 0 Å². The third-order valence-electron chi connectivity index (χ3n) is 2.27. The number of rotatable bonds is 4. The number of aliphatic hydroxyl groups is 1. The molecule has 86 valence electrons. The fraction of sp³-hybridized carbons (Fsp3) is 0.571. The Balaban J connectivity index is 2.06. The van der Waals surface area contributed by atoms with Gasteiger partial charge in [-0.25, -0.2) is 0 Å². The van der Waals surface area contributed by atoms with Crippen molar-refractivity contribution in [2.75, 3.05) is 6.61 Å². The second kappa shape index (κ2) is 7.99. The van der Waals surface area contributed by atoms with E-state index in [0.717, 1.165) is 19.3 Å². The predicted molar refractivity (Wildman–Crippen MR) is 64.6 cm³/mol. The zero-order valence-electron chi connectivity index (χ0n) is 9.70. The molecular formula is C14H18O2.